The molecule has 0 aromatic heterocycles. The molecule has 0 heterocycles. The van der Waals surface area contributed by atoms with Crippen LogP contribution in [0.1, 0.15) is 16.7 Å². The Balaban J connectivity index is 2.43. The molecule has 0 aliphatic rings. The summed E-state index contributed by atoms with van der Waals surface area (Å²) in [7, 11) is 0. The van der Waals surface area contributed by atoms with Crippen molar-refractivity contribution in [3.05, 3.63) is 69.2 Å². The Labute approximate surface area is 146 Å². The van der Waals surface area contributed by atoms with Crippen LogP contribution in [0.5, 0.6) is 0 Å². The fraction of sp³-hybridized carbons (Fsp3) is 0.294. The Hall–Kier alpha value is -0.400. The summed E-state index contributed by atoms with van der Waals surface area (Å²) in [6, 6.07) is 13.8. The first-order valence-electron chi connectivity index (χ1n) is 6.64. The minimum absolute atomic E-state index is 0.341. The molecule has 0 nitrogen and oxygen atoms in total. The molecule has 2 aromatic rings. The van der Waals surface area contributed by atoms with Gasteiger partial charge in [-0.15, -0.1) is 23.2 Å². The van der Waals surface area contributed by atoms with Gasteiger partial charge in [0.15, 0.2) is 0 Å². The maximum atomic E-state index is 6.30. The van der Waals surface area contributed by atoms with Gasteiger partial charge in [0.1, 0.15) is 0 Å². The van der Waals surface area contributed by atoms with Gasteiger partial charge in [-0.2, -0.15) is 0 Å². The molecule has 0 aliphatic heterocycles. The number of hydrogen-bond donors (Lipinski definition) is 0. The molecule has 21 heavy (non-hydrogen) atoms. The van der Waals surface area contributed by atoms with Crippen molar-refractivity contribution >= 4 is 46.4 Å². The summed E-state index contributed by atoms with van der Waals surface area (Å²) in [5, 5.41) is 1.27. The molecular weight excluding hydrogens is 346 g/mol. The number of rotatable bonds is 5. The zero-order chi connectivity index (χ0) is 15.5. The molecule has 0 amide bonds. The monoisotopic (exact) mass is 360 g/mol. The van der Waals surface area contributed by atoms with Crippen molar-refractivity contribution in [2.24, 2.45) is 0 Å². The predicted octanol–water partition coefficient (Wildman–Crippen LogP) is 6.26. The number of aryl methyl sites for hydroxylation is 1. The quantitative estimate of drug-likeness (QED) is 0.551. The predicted molar refractivity (Wildman–Crippen MR) is 94.5 cm³/mol. The van der Waals surface area contributed by atoms with Crippen LogP contribution in [0.2, 0.25) is 10.0 Å². The molecule has 2 aromatic carbocycles. The lowest BCUT2D eigenvalue weighted by Crippen LogP contribution is -2.33. The van der Waals surface area contributed by atoms with Gasteiger partial charge in [-0.25, -0.2) is 0 Å². The van der Waals surface area contributed by atoms with Gasteiger partial charge in [0.25, 0.3) is 0 Å². The lowest BCUT2D eigenvalue weighted by Gasteiger charge is -2.31. The first-order valence-corrected chi connectivity index (χ1v) is 8.46. The highest BCUT2D eigenvalue weighted by atomic mass is 35.5. The van der Waals surface area contributed by atoms with E-state index in [0.29, 0.717) is 28.2 Å². The molecular formula is C17H16Cl4. The summed E-state index contributed by atoms with van der Waals surface area (Å²) in [6.07, 6.45) is 0.680. The normalized spacial score (nSPS) is 11.7. The third kappa shape index (κ3) is 3.87. The summed E-state index contributed by atoms with van der Waals surface area (Å²) in [6.45, 7) is 2.06. The molecule has 112 valence electrons. The summed E-state index contributed by atoms with van der Waals surface area (Å²) < 4.78 is 0. The van der Waals surface area contributed by atoms with Crippen LogP contribution in [-0.4, -0.2) is 11.8 Å². The van der Waals surface area contributed by atoms with Crippen molar-refractivity contribution in [1.29, 1.82) is 0 Å². The zero-order valence-electron chi connectivity index (χ0n) is 11.7. The van der Waals surface area contributed by atoms with Crippen molar-refractivity contribution in [3.8, 4) is 0 Å². The highest BCUT2D eigenvalue weighted by Crippen LogP contribution is 2.35. The zero-order valence-corrected chi connectivity index (χ0v) is 14.7. The van der Waals surface area contributed by atoms with E-state index in [1.54, 1.807) is 6.07 Å². The number of benzene rings is 2. The summed E-state index contributed by atoms with van der Waals surface area (Å²) in [5.74, 6) is 0.859. The number of halogens is 4. The van der Waals surface area contributed by atoms with Crippen LogP contribution in [0.4, 0.5) is 0 Å². The Morgan fingerprint density at radius 3 is 2.24 bits per heavy atom. The maximum Gasteiger partial charge on any atom is 0.0453 e. The van der Waals surface area contributed by atoms with E-state index < -0.39 is 0 Å². The fourth-order valence-electron chi connectivity index (χ4n) is 2.39. The van der Waals surface area contributed by atoms with Gasteiger partial charge < -0.3 is 0 Å². The van der Waals surface area contributed by atoms with Gasteiger partial charge in [0.05, 0.1) is 0 Å². The standard InChI is InChI=1S/C17H16Cl4/c1-12-3-2-4-14(7-12)17(10-18,11-19)9-13-5-6-15(20)8-16(13)21/h2-8H,9-11H2,1H3. The van der Waals surface area contributed by atoms with Gasteiger partial charge >= 0.3 is 0 Å². The van der Waals surface area contributed by atoms with Crippen molar-refractivity contribution in [3.63, 3.8) is 0 Å². The van der Waals surface area contributed by atoms with Crippen LogP contribution < -0.4 is 0 Å². The molecule has 0 saturated heterocycles. The van der Waals surface area contributed by atoms with Crippen molar-refractivity contribution < 1.29 is 0 Å². The third-order valence-corrected chi connectivity index (χ3v) is 5.30. The number of hydrogen-bond acceptors (Lipinski definition) is 0. The number of alkyl halides is 2. The Morgan fingerprint density at radius 2 is 1.67 bits per heavy atom. The average Bonchev–Trinajstić information content (AvgIpc) is 2.47. The van der Waals surface area contributed by atoms with Gasteiger partial charge in [-0.3, -0.25) is 0 Å². The van der Waals surface area contributed by atoms with Gasteiger partial charge in [0, 0.05) is 27.2 Å². The first-order chi connectivity index (χ1) is 10.0. The molecule has 4 heteroatoms. The second kappa shape index (κ2) is 7.24. The molecule has 0 unspecified atom stereocenters. The van der Waals surface area contributed by atoms with E-state index in [9.17, 15) is 0 Å². The molecule has 0 saturated carbocycles. The fourth-order valence-corrected chi connectivity index (χ4v) is 3.65. The van der Waals surface area contributed by atoms with Crippen LogP contribution in [0.15, 0.2) is 42.5 Å². The topological polar surface area (TPSA) is 0 Å². The summed E-state index contributed by atoms with van der Waals surface area (Å²) in [4.78, 5) is 0. The lowest BCUT2D eigenvalue weighted by atomic mass is 9.78. The van der Waals surface area contributed by atoms with Crippen molar-refractivity contribution in [1.82, 2.24) is 0 Å². The minimum atomic E-state index is -0.341. The molecule has 0 radical (unpaired) electrons. The summed E-state index contributed by atoms with van der Waals surface area (Å²) in [5.41, 5.74) is 2.99. The SMILES string of the molecule is Cc1cccc(C(CCl)(CCl)Cc2ccc(Cl)cc2Cl)c1. The van der Waals surface area contributed by atoms with Gasteiger partial charge in [-0.1, -0.05) is 59.1 Å². The molecule has 0 spiro atoms. The second-order valence-electron chi connectivity index (χ2n) is 5.33. The molecule has 0 N–H and O–H groups in total. The van der Waals surface area contributed by atoms with Gasteiger partial charge in [-0.05, 0) is 36.6 Å². The van der Waals surface area contributed by atoms with E-state index in [4.69, 9.17) is 46.4 Å². The molecule has 0 atom stereocenters. The largest absolute Gasteiger partial charge is 0.126 e. The maximum absolute atomic E-state index is 6.30. The van der Waals surface area contributed by atoms with Crippen molar-refractivity contribution in [2.45, 2.75) is 18.8 Å². The van der Waals surface area contributed by atoms with Crippen LogP contribution in [-0.2, 0) is 11.8 Å². The van der Waals surface area contributed by atoms with E-state index >= 15 is 0 Å². The van der Waals surface area contributed by atoms with E-state index in [2.05, 4.69) is 25.1 Å². The molecule has 0 aliphatic carbocycles. The lowest BCUT2D eigenvalue weighted by molar-refractivity contribution is 0.536. The van der Waals surface area contributed by atoms with E-state index in [-0.39, 0.29) is 5.41 Å². The highest BCUT2D eigenvalue weighted by Gasteiger charge is 2.31. The second-order valence-corrected chi connectivity index (χ2v) is 6.71. The molecule has 0 fully saturated rings. The Morgan fingerprint density at radius 1 is 0.952 bits per heavy atom. The van der Waals surface area contributed by atoms with Crippen LogP contribution in [0.25, 0.3) is 0 Å². The minimum Gasteiger partial charge on any atom is -0.126 e. The molecule has 0 bridgehead atoms. The summed E-state index contributed by atoms with van der Waals surface area (Å²) >= 11 is 24.8. The van der Waals surface area contributed by atoms with Crippen LogP contribution >= 0.6 is 46.4 Å². The Kier molecular flexibility index (Phi) is 5.85. The average molecular weight is 362 g/mol. The van der Waals surface area contributed by atoms with Crippen LogP contribution in [0, 0.1) is 6.92 Å². The van der Waals surface area contributed by atoms with E-state index in [1.165, 1.54) is 5.56 Å². The van der Waals surface area contributed by atoms with Crippen molar-refractivity contribution in [2.75, 3.05) is 11.8 Å². The van der Waals surface area contributed by atoms with Crippen LogP contribution in [0.3, 0.4) is 0 Å². The van der Waals surface area contributed by atoms with E-state index in [0.717, 1.165) is 11.1 Å². The third-order valence-electron chi connectivity index (χ3n) is 3.69. The smallest absolute Gasteiger partial charge is 0.0453 e. The highest BCUT2D eigenvalue weighted by molar-refractivity contribution is 6.35. The first kappa shape index (κ1) is 17.0. The Bertz CT molecular complexity index is 618. The van der Waals surface area contributed by atoms with Gasteiger partial charge in [0.2, 0.25) is 0 Å². The molecule has 2 rings (SSSR count). The van der Waals surface area contributed by atoms with E-state index in [1.807, 2.05) is 18.2 Å².